The topological polar surface area (TPSA) is 26.3 Å². The largest absolute Gasteiger partial charge is 0.465 e. The van der Waals surface area contributed by atoms with Crippen LogP contribution in [0.2, 0.25) is 0 Å². The van der Waals surface area contributed by atoms with Gasteiger partial charge in [-0.3, -0.25) is 4.79 Å². The molecule has 0 amide bonds. The number of hydrogen-bond acceptors (Lipinski definition) is 2. The molecule has 60 valence electrons. The highest BCUT2D eigenvalue weighted by Gasteiger charge is 2.37. The van der Waals surface area contributed by atoms with Crippen LogP contribution in [0.1, 0.15) is 13.3 Å². The van der Waals surface area contributed by atoms with Gasteiger partial charge in [0.05, 0.1) is 12.5 Å². The van der Waals surface area contributed by atoms with E-state index in [1.165, 1.54) is 0 Å². The van der Waals surface area contributed by atoms with Crippen LogP contribution in [0.3, 0.4) is 0 Å². The van der Waals surface area contributed by atoms with Gasteiger partial charge in [0.1, 0.15) is 0 Å². The number of carbonyl (C=O) groups is 1. The van der Waals surface area contributed by atoms with E-state index in [-0.39, 0.29) is 11.9 Å². The van der Waals surface area contributed by atoms with Gasteiger partial charge in [-0.1, -0.05) is 19.1 Å². The molecule has 0 aromatic carbocycles. The fraction of sp³-hybridized carbons (Fsp3) is 0.667. The highest BCUT2D eigenvalue weighted by Crippen LogP contribution is 2.33. The molecular formula is C9H12O2. The van der Waals surface area contributed by atoms with Crippen molar-refractivity contribution in [3.63, 3.8) is 0 Å². The van der Waals surface area contributed by atoms with Crippen molar-refractivity contribution in [3.8, 4) is 0 Å². The van der Waals surface area contributed by atoms with Crippen molar-refractivity contribution in [3.05, 3.63) is 12.2 Å². The molecular weight excluding hydrogens is 140 g/mol. The maximum absolute atomic E-state index is 11.1. The van der Waals surface area contributed by atoms with Crippen molar-refractivity contribution in [1.29, 1.82) is 0 Å². The second-order valence-corrected chi connectivity index (χ2v) is 3.50. The summed E-state index contributed by atoms with van der Waals surface area (Å²) in [5, 5.41) is 0. The summed E-state index contributed by atoms with van der Waals surface area (Å²) in [6.07, 6.45) is 5.28. The van der Waals surface area contributed by atoms with E-state index in [0.29, 0.717) is 18.4 Å². The molecule has 2 nitrogen and oxygen atoms in total. The number of fused-ring (bicyclic) bond motifs is 1. The molecule has 0 aromatic rings. The fourth-order valence-electron chi connectivity index (χ4n) is 1.85. The minimum Gasteiger partial charge on any atom is -0.465 e. The molecule has 11 heavy (non-hydrogen) atoms. The summed E-state index contributed by atoms with van der Waals surface area (Å²) in [4.78, 5) is 11.1. The van der Waals surface area contributed by atoms with Gasteiger partial charge in [0.15, 0.2) is 0 Å². The molecule has 1 aliphatic heterocycles. The lowest BCUT2D eigenvalue weighted by atomic mass is 9.82. The first-order valence-corrected chi connectivity index (χ1v) is 4.12. The summed E-state index contributed by atoms with van der Waals surface area (Å²) in [5.41, 5.74) is 0. The van der Waals surface area contributed by atoms with E-state index >= 15 is 0 Å². The lowest BCUT2D eigenvalue weighted by molar-refractivity contribution is -0.141. The van der Waals surface area contributed by atoms with Crippen LogP contribution in [0.25, 0.3) is 0 Å². The quantitative estimate of drug-likeness (QED) is 0.387. The third-order valence-electron chi connectivity index (χ3n) is 2.55. The van der Waals surface area contributed by atoms with Crippen LogP contribution in [0.15, 0.2) is 12.2 Å². The van der Waals surface area contributed by atoms with Crippen molar-refractivity contribution in [1.82, 2.24) is 0 Å². The molecule has 1 heterocycles. The van der Waals surface area contributed by atoms with E-state index in [0.717, 1.165) is 6.42 Å². The first kappa shape index (κ1) is 6.89. The van der Waals surface area contributed by atoms with E-state index in [1.807, 2.05) is 0 Å². The van der Waals surface area contributed by atoms with Gasteiger partial charge in [0, 0.05) is 5.92 Å². The number of cyclic esters (lactones) is 1. The van der Waals surface area contributed by atoms with Gasteiger partial charge in [-0.25, -0.2) is 0 Å². The van der Waals surface area contributed by atoms with E-state index in [2.05, 4.69) is 19.1 Å². The van der Waals surface area contributed by atoms with E-state index in [1.54, 1.807) is 0 Å². The van der Waals surface area contributed by atoms with Gasteiger partial charge in [-0.15, -0.1) is 0 Å². The third-order valence-corrected chi connectivity index (χ3v) is 2.55. The SMILES string of the molecule is C[C@@H]1C=C[C@@H]2COC(=O)[C@@H]2C1. The predicted molar refractivity (Wildman–Crippen MR) is 40.9 cm³/mol. The Balaban J connectivity index is 2.18. The smallest absolute Gasteiger partial charge is 0.309 e. The summed E-state index contributed by atoms with van der Waals surface area (Å²) < 4.78 is 4.96. The van der Waals surface area contributed by atoms with Crippen molar-refractivity contribution in [2.75, 3.05) is 6.61 Å². The van der Waals surface area contributed by atoms with E-state index in [4.69, 9.17) is 4.74 Å². The summed E-state index contributed by atoms with van der Waals surface area (Å²) in [5.74, 6) is 1.08. The summed E-state index contributed by atoms with van der Waals surface area (Å²) in [7, 11) is 0. The minimum atomic E-state index is 0.00574. The molecule has 0 saturated carbocycles. The van der Waals surface area contributed by atoms with Crippen LogP contribution in [-0.4, -0.2) is 12.6 Å². The molecule has 3 atom stereocenters. The Bertz CT molecular complexity index is 208. The second-order valence-electron chi connectivity index (χ2n) is 3.50. The first-order valence-electron chi connectivity index (χ1n) is 4.12. The molecule has 1 aliphatic carbocycles. The number of carbonyl (C=O) groups excluding carboxylic acids is 1. The molecule has 0 aromatic heterocycles. The maximum atomic E-state index is 11.1. The van der Waals surface area contributed by atoms with Crippen LogP contribution in [0.5, 0.6) is 0 Å². The number of rotatable bonds is 0. The van der Waals surface area contributed by atoms with Crippen molar-refractivity contribution in [2.24, 2.45) is 17.8 Å². The van der Waals surface area contributed by atoms with Gasteiger partial charge >= 0.3 is 5.97 Å². The highest BCUT2D eigenvalue weighted by atomic mass is 16.5. The van der Waals surface area contributed by atoms with Crippen LogP contribution >= 0.6 is 0 Å². The fourth-order valence-corrected chi connectivity index (χ4v) is 1.85. The van der Waals surface area contributed by atoms with E-state index < -0.39 is 0 Å². The normalized spacial score (nSPS) is 41.9. The third kappa shape index (κ3) is 1.06. The van der Waals surface area contributed by atoms with E-state index in [9.17, 15) is 4.79 Å². The Morgan fingerprint density at radius 1 is 1.55 bits per heavy atom. The number of ether oxygens (including phenoxy) is 1. The molecule has 0 unspecified atom stereocenters. The Morgan fingerprint density at radius 2 is 2.36 bits per heavy atom. The standard InChI is InChI=1S/C9H12O2/c1-6-2-3-7-5-11-9(10)8(7)4-6/h2-3,6-8H,4-5H2,1H3/t6-,7-,8-/m1/s1. The van der Waals surface area contributed by atoms with Gasteiger partial charge in [-0.2, -0.15) is 0 Å². The number of allylic oxidation sites excluding steroid dienone is 1. The molecule has 0 N–H and O–H groups in total. The van der Waals surface area contributed by atoms with Gasteiger partial charge in [-0.05, 0) is 12.3 Å². The number of hydrogen-bond donors (Lipinski definition) is 0. The van der Waals surface area contributed by atoms with Crippen LogP contribution in [-0.2, 0) is 9.53 Å². The highest BCUT2D eigenvalue weighted by molar-refractivity contribution is 5.75. The molecule has 0 spiro atoms. The van der Waals surface area contributed by atoms with Crippen LogP contribution in [0, 0.1) is 17.8 Å². The average molecular weight is 152 g/mol. The lowest BCUT2D eigenvalue weighted by Crippen LogP contribution is -2.20. The predicted octanol–water partition coefficient (Wildman–Crippen LogP) is 1.37. The van der Waals surface area contributed by atoms with Crippen LogP contribution < -0.4 is 0 Å². The Labute approximate surface area is 66.2 Å². The number of esters is 1. The molecule has 2 heteroatoms. The van der Waals surface area contributed by atoms with Gasteiger partial charge < -0.3 is 4.74 Å². The van der Waals surface area contributed by atoms with Gasteiger partial charge in [0.25, 0.3) is 0 Å². The second kappa shape index (κ2) is 2.36. The molecule has 2 aliphatic rings. The summed E-state index contributed by atoms with van der Waals surface area (Å²) >= 11 is 0. The van der Waals surface area contributed by atoms with Crippen LogP contribution in [0.4, 0.5) is 0 Å². The Hall–Kier alpha value is -0.790. The zero-order chi connectivity index (χ0) is 7.84. The molecule has 0 radical (unpaired) electrons. The average Bonchev–Trinajstić information content (AvgIpc) is 2.33. The first-order chi connectivity index (χ1) is 5.27. The zero-order valence-electron chi connectivity index (χ0n) is 6.62. The summed E-state index contributed by atoms with van der Waals surface area (Å²) in [6, 6.07) is 0. The van der Waals surface area contributed by atoms with Crippen molar-refractivity contribution < 1.29 is 9.53 Å². The Kier molecular flexibility index (Phi) is 1.48. The monoisotopic (exact) mass is 152 g/mol. The van der Waals surface area contributed by atoms with Crippen molar-refractivity contribution >= 4 is 5.97 Å². The maximum Gasteiger partial charge on any atom is 0.309 e. The molecule has 1 fully saturated rings. The zero-order valence-corrected chi connectivity index (χ0v) is 6.62. The summed E-state index contributed by atoms with van der Waals surface area (Å²) in [6.45, 7) is 2.74. The molecule has 0 bridgehead atoms. The lowest BCUT2D eigenvalue weighted by Gasteiger charge is -2.19. The molecule has 1 saturated heterocycles. The van der Waals surface area contributed by atoms with Crippen molar-refractivity contribution in [2.45, 2.75) is 13.3 Å². The van der Waals surface area contributed by atoms with Gasteiger partial charge in [0.2, 0.25) is 0 Å². The molecule has 2 rings (SSSR count). The minimum absolute atomic E-state index is 0.00574. The Morgan fingerprint density at radius 3 is 3.18 bits per heavy atom.